The number of hydrogen-bond donors (Lipinski definition) is 0. The summed E-state index contributed by atoms with van der Waals surface area (Å²) in [4.78, 5) is 19.9. The van der Waals surface area contributed by atoms with Crippen molar-refractivity contribution in [1.29, 1.82) is 0 Å². The molecule has 1 aliphatic carbocycles. The van der Waals surface area contributed by atoms with Crippen molar-refractivity contribution in [3.8, 4) is 11.6 Å². The molecule has 5 rings (SSSR count). The lowest BCUT2D eigenvalue weighted by Gasteiger charge is -2.23. The maximum absolute atomic E-state index is 14.7. The van der Waals surface area contributed by atoms with Gasteiger partial charge in [-0.3, -0.25) is 4.79 Å². The van der Waals surface area contributed by atoms with Crippen LogP contribution < -0.4 is 10.3 Å². The van der Waals surface area contributed by atoms with Crippen molar-refractivity contribution in [2.75, 3.05) is 0 Å². The minimum Gasteiger partial charge on any atom is -0.438 e. The number of fused-ring (bicyclic) bond motifs is 1. The summed E-state index contributed by atoms with van der Waals surface area (Å²) in [5, 5.41) is -0.0388. The summed E-state index contributed by atoms with van der Waals surface area (Å²) < 4.78 is 89.4. The van der Waals surface area contributed by atoms with Crippen LogP contribution in [0.25, 0.3) is 10.9 Å². The predicted octanol–water partition coefficient (Wildman–Crippen LogP) is 6.02. The van der Waals surface area contributed by atoms with Gasteiger partial charge >= 0.3 is 6.18 Å². The molecule has 1 saturated carbocycles. The van der Waals surface area contributed by atoms with E-state index in [4.69, 9.17) is 4.74 Å². The maximum Gasteiger partial charge on any atom is 0.421 e. The fourth-order valence-corrected chi connectivity index (χ4v) is 4.09. The van der Waals surface area contributed by atoms with Gasteiger partial charge in [0.25, 0.3) is 5.56 Å². The van der Waals surface area contributed by atoms with Gasteiger partial charge < -0.3 is 9.30 Å². The average molecular weight is 491 g/mol. The molecule has 1 fully saturated rings. The van der Waals surface area contributed by atoms with Gasteiger partial charge in [0.05, 0.1) is 23.3 Å². The topological polar surface area (TPSA) is 57.0 Å². The number of rotatable bonds is 5. The van der Waals surface area contributed by atoms with Gasteiger partial charge in [-0.05, 0) is 49.1 Å². The Labute approximate surface area is 193 Å². The standard InChI is InChI=1S/C24H15F6N3O2/c25-13-8-17(26)20(18(27)9-13)21(12-3-4-12)33-11-32-22(34)15-10-14(5-6-19(15)33)35-23-16(24(28,29)30)2-1-7-31-23/h1-2,5-12,21H,3-4H2. The van der Waals surface area contributed by atoms with Crippen LogP contribution >= 0.6 is 0 Å². The van der Waals surface area contributed by atoms with Crippen molar-refractivity contribution in [3.05, 3.63) is 93.9 Å². The number of halogens is 6. The molecule has 1 unspecified atom stereocenters. The highest BCUT2D eigenvalue weighted by atomic mass is 19.4. The number of hydrogen-bond acceptors (Lipinski definition) is 4. The largest absolute Gasteiger partial charge is 0.438 e. The summed E-state index contributed by atoms with van der Waals surface area (Å²) in [5.74, 6) is -4.19. The van der Waals surface area contributed by atoms with Gasteiger partial charge in [0.15, 0.2) is 0 Å². The number of alkyl halides is 3. The highest BCUT2D eigenvalue weighted by Crippen LogP contribution is 2.46. The molecule has 2 heterocycles. The third kappa shape index (κ3) is 4.33. The van der Waals surface area contributed by atoms with Crippen molar-refractivity contribution in [2.45, 2.75) is 25.1 Å². The number of ether oxygens (including phenoxy) is 1. The van der Waals surface area contributed by atoms with E-state index in [9.17, 15) is 31.1 Å². The van der Waals surface area contributed by atoms with E-state index in [0.29, 0.717) is 25.0 Å². The summed E-state index contributed by atoms with van der Waals surface area (Å²) in [6.45, 7) is 0. The molecule has 0 radical (unpaired) electrons. The highest BCUT2D eigenvalue weighted by molar-refractivity contribution is 5.80. The Balaban J connectivity index is 1.61. The molecule has 180 valence electrons. The van der Waals surface area contributed by atoms with E-state index >= 15 is 0 Å². The van der Waals surface area contributed by atoms with E-state index in [2.05, 4.69) is 9.97 Å². The summed E-state index contributed by atoms with van der Waals surface area (Å²) in [7, 11) is 0. The monoisotopic (exact) mass is 491 g/mol. The molecule has 2 aromatic heterocycles. The molecule has 1 aliphatic rings. The van der Waals surface area contributed by atoms with E-state index in [1.807, 2.05) is 0 Å². The van der Waals surface area contributed by atoms with Crippen LogP contribution in [-0.2, 0) is 6.18 Å². The minimum absolute atomic E-state index is 0.0388. The zero-order valence-corrected chi connectivity index (χ0v) is 17.7. The second-order valence-electron chi connectivity index (χ2n) is 8.16. The predicted molar refractivity (Wildman–Crippen MR) is 112 cm³/mol. The quantitative estimate of drug-likeness (QED) is 0.321. The molecule has 0 aliphatic heterocycles. The Kier molecular flexibility index (Phi) is 5.49. The van der Waals surface area contributed by atoms with E-state index in [0.717, 1.165) is 24.7 Å². The Morgan fingerprint density at radius 1 is 1.00 bits per heavy atom. The van der Waals surface area contributed by atoms with E-state index in [1.54, 1.807) is 0 Å². The molecule has 0 bridgehead atoms. The first-order chi connectivity index (χ1) is 16.6. The molecule has 1 atom stereocenters. The van der Waals surface area contributed by atoms with Gasteiger partial charge in [-0.1, -0.05) is 0 Å². The molecule has 0 amide bonds. The van der Waals surface area contributed by atoms with Crippen molar-refractivity contribution in [2.24, 2.45) is 5.92 Å². The van der Waals surface area contributed by atoms with Crippen LogP contribution in [0, 0.1) is 23.4 Å². The van der Waals surface area contributed by atoms with Gasteiger partial charge in [0, 0.05) is 23.9 Å². The minimum atomic E-state index is -4.71. The van der Waals surface area contributed by atoms with Crippen molar-refractivity contribution < 1.29 is 31.1 Å². The number of aromatic nitrogens is 3. The Morgan fingerprint density at radius 3 is 2.37 bits per heavy atom. The Morgan fingerprint density at radius 2 is 1.71 bits per heavy atom. The maximum atomic E-state index is 14.7. The normalized spacial score (nSPS) is 14.8. The molecule has 0 spiro atoms. The van der Waals surface area contributed by atoms with E-state index in [1.165, 1.54) is 22.8 Å². The van der Waals surface area contributed by atoms with Crippen LogP contribution in [0.4, 0.5) is 26.3 Å². The van der Waals surface area contributed by atoms with Gasteiger partial charge in [0.1, 0.15) is 28.8 Å². The van der Waals surface area contributed by atoms with Crippen molar-refractivity contribution in [3.63, 3.8) is 0 Å². The van der Waals surface area contributed by atoms with Gasteiger partial charge in [0.2, 0.25) is 5.88 Å². The van der Waals surface area contributed by atoms with Crippen LogP contribution in [0.15, 0.2) is 59.8 Å². The Bertz CT molecular complexity index is 1470. The molecule has 0 saturated heterocycles. The fourth-order valence-electron chi connectivity index (χ4n) is 4.09. The molecule has 4 aromatic rings. The third-order valence-electron chi connectivity index (χ3n) is 5.77. The first-order valence-electron chi connectivity index (χ1n) is 10.5. The smallest absolute Gasteiger partial charge is 0.421 e. The van der Waals surface area contributed by atoms with E-state index in [-0.39, 0.29) is 28.1 Å². The molecule has 35 heavy (non-hydrogen) atoms. The number of nitrogens with zero attached hydrogens (tertiary/aromatic N) is 3. The molecule has 5 nitrogen and oxygen atoms in total. The van der Waals surface area contributed by atoms with Gasteiger partial charge in [-0.15, -0.1) is 0 Å². The average Bonchev–Trinajstić information content (AvgIpc) is 3.62. The Hall–Kier alpha value is -3.89. The summed E-state index contributed by atoms with van der Waals surface area (Å²) in [6, 6.07) is 6.08. The van der Waals surface area contributed by atoms with Crippen molar-refractivity contribution in [1.82, 2.24) is 14.5 Å². The number of pyridine rings is 1. The molecular formula is C24H15F6N3O2. The van der Waals surface area contributed by atoms with Gasteiger partial charge in [-0.25, -0.2) is 18.2 Å². The number of benzene rings is 2. The highest BCUT2D eigenvalue weighted by Gasteiger charge is 2.38. The molecule has 11 heteroatoms. The fraction of sp³-hybridized carbons (Fsp3) is 0.208. The molecule has 0 N–H and O–H groups in total. The van der Waals surface area contributed by atoms with E-state index < -0.39 is 46.7 Å². The third-order valence-corrected chi connectivity index (χ3v) is 5.77. The lowest BCUT2D eigenvalue weighted by molar-refractivity contribution is -0.138. The van der Waals surface area contributed by atoms with Crippen molar-refractivity contribution >= 4 is 10.9 Å². The SMILES string of the molecule is O=c1ncn(C(c2c(F)cc(F)cc2F)C2CC2)c2ccc(Oc3ncccc3C(F)(F)F)cc12. The second kappa shape index (κ2) is 8.40. The molecular weight excluding hydrogens is 476 g/mol. The first-order valence-corrected chi connectivity index (χ1v) is 10.5. The first kappa shape index (κ1) is 22.9. The van der Waals surface area contributed by atoms with Crippen LogP contribution in [0.3, 0.4) is 0 Å². The molecule has 2 aromatic carbocycles. The lowest BCUT2D eigenvalue weighted by atomic mass is 9.99. The summed E-state index contributed by atoms with van der Waals surface area (Å²) >= 11 is 0. The zero-order chi connectivity index (χ0) is 24.9. The van der Waals surface area contributed by atoms with Crippen LogP contribution in [-0.4, -0.2) is 14.5 Å². The van der Waals surface area contributed by atoms with Crippen LogP contribution in [0.5, 0.6) is 11.6 Å². The lowest BCUT2D eigenvalue weighted by Crippen LogP contribution is -2.21. The van der Waals surface area contributed by atoms with Gasteiger partial charge in [-0.2, -0.15) is 18.2 Å². The zero-order valence-electron chi connectivity index (χ0n) is 17.7. The van der Waals surface area contributed by atoms with Crippen LogP contribution in [0.2, 0.25) is 0 Å². The summed E-state index contributed by atoms with van der Waals surface area (Å²) in [6.07, 6.45) is -1.14. The van der Waals surface area contributed by atoms with Crippen LogP contribution in [0.1, 0.15) is 30.0 Å². The second-order valence-corrected chi connectivity index (χ2v) is 8.16. The summed E-state index contributed by atoms with van der Waals surface area (Å²) in [5.41, 5.74) is -1.94.